The van der Waals surface area contributed by atoms with Gasteiger partial charge < -0.3 is 4.90 Å². The summed E-state index contributed by atoms with van der Waals surface area (Å²) in [7, 11) is 0. The molecule has 3 heteroatoms. The van der Waals surface area contributed by atoms with Crippen LogP contribution in [0.25, 0.3) is 0 Å². The molecule has 1 saturated carbocycles. The number of carbonyl (C=O) groups is 2. The molecule has 1 amide bonds. The van der Waals surface area contributed by atoms with Gasteiger partial charge in [-0.1, -0.05) is 30.4 Å². The number of allylic oxidation sites excluding steroid dienone is 1. The molecule has 3 nitrogen and oxygen atoms in total. The largest absolute Gasteiger partial charge is 0.311 e. The minimum Gasteiger partial charge on any atom is -0.311 e. The number of carbonyl (C=O) groups excluding carboxylic acids is 2. The predicted molar refractivity (Wildman–Crippen MR) is 76.2 cm³/mol. The topological polar surface area (TPSA) is 37.4 Å². The van der Waals surface area contributed by atoms with Gasteiger partial charge in [-0.2, -0.15) is 0 Å². The first kappa shape index (κ1) is 11.9. The fourth-order valence-electron chi connectivity index (χ4n) is 4.09. The summed E-state index contributed by atoms with van der Waals surface area (Å²) in [5.41, 5.74) is 0.538. The monoisotopic (exact) mass is 267 g/mol. The third-order valence-electron chi connectivity index (χ3n) is 5.17. The van der Waals surface area contributed by atoms with Crippen LogP contribution in [0.5, 0.6) is 0 Å². The number of para-hydroxylation sites is 1. The van der Waals surface area contributed by atoms with Crippen LogP contribution >= 0.6 is 0 Å². The van der Waals surface area contributed by atoms with E-state index in [1.54, 1.807) is 0 Å². The molecule has 2 bridgehead atoms. The van der Waals surface area contributed by atoms with E-state index in [0.717, 1.165) is 18.5 Å². The second-order valence-corrected chi connectivity index (χ2v) is 6.20. The van der Waals surface area contributed by atoms with Crippen LogP contribution in [0.15, 0.2) is 42.5 Å². The van der Waals surface area contributed by atoms with Gasteiger partial charge in [-0.3, -0.25) is 9.59 Å². The van der Waals surface area contributed by atoms with Gasteiger partial charge in [0.05, 0.1) is 5.41 Å². The molecule has 4 rings (SSSR count). The summed E-state index contributed by atoms with van der Waals surface area (Å²) in [6.07, 6.45) is 6.22. The van der Waals surface area contributed by atoms with E-state index in [0.29, 0.717) is 18.7 Å². The van der Waals surface area contributed by atoms with Crippen molar-refractivity contribution in [2.75, 3.05) is 11.4 Å². The third-order valence-corrected chi connectivity index (χ3v) is 5.17. The lowest BCUT2D eigenvalue weighted by Gasteiger charge is -2.40. The molecule has 1 aromatic rings. The summed E-state index contributed by atoms with van der Waals surface area (Å²) >= 11 is 0. The Morgan fingerprint density at radius 1 is 1.15 bits per heavy atom. The quantitative estimate of drug-likeness (QED) is 0.733. The molecule has 0 aromatic heterocycles. The minimum absolute atomic E-state index is 0.0657. The molecular weight excluding hydrogens is 250 g/mol. The lowest BCUT2D eigenvalue weighted by molar-refractivity contribution is -0.134. The Bertz CT molecular complexity index is 607. The number of nitrogens with zero attached hydrogens (tertiary/aromatic N) is 1. The van der Waals surface area contributed by atoms with Crippen LogP contribution in [0, 0.1) is 17.3 Å². The zero-order valence-corrected chi connectivity index (χ0v) is 11.3. The van der Waals surface area contributed by atoms with Gasteiger partial charge in [-0.05, 0) is 25.0 Å². The number of benzene rings is 1. The van der Waals surface area contributed by atoms with E-state index in [-0.39, 0.29) is 17.7 Å². The van der Waals surface area contributed by atoms with E-state index in [1.165, 1.54) is 0 Å². The molecule has 0 unspecified atom stereocenters. The number of hydrogen-bond donors (Lipinski definition) is 0. The molecule has 1 aromatic carbocycles. The summed E-state index contributed by atoms with van der Waals surface area (Å²) in [5.74, 6) is 0.742. The minimum atomic E-state index is -0.410. The molecule has 102 valence electrons. The maximum absolute atomic E-state index is 12.9. The molecular formula is C17H17NO2. The predicted octanol–water partition coefficient (Wildman–Crippen LogP) is 2.57. The lowest BCUT2D eigenvalue weighted by atomic mass is 9.60. The Kier molecular flexibility index (Phi) is 2.40. The summed E-state index contributed by atoms with van der Waals surface area (Å²) in [5, 5.41) is 0. The molecule has 0 radical (unpaired) electrons. The smallest absolute Gasteiger partial charge is 0.237 e. The highest BCUT2D eigenvalue weighted by Crippen LogP contribution is 2.53. The molecule has 2 fully saturated rings. The Hall–Kier alpha value is -1.90. The first-order valence-corrected chi connectivity index (χ1v) is 7.28. The Balaban J connectivity index is 1.76. The lowest BCUT2D eigenvalue weighted by Crippen LogP contribution is -2.44. The van der Waals surface area contributed by atoms with Gasteiger partial charge in [0, 0.05) is 30.5 Å². The number of ketones is 1. The fourth-order valence-corrected chi connectivity index (χ4v) is 4.09. The molecule has 0 N–H and O–H groups in total. The van der Waals surface area contributed by atoms with Crippen molar-refractivity contribution in [3.05, 3.63) is 42.5 Å². The Morgan fingerprint density at radius 2 is 1.95 bits per heavy atom. The normalized spacial score (nSPS) is 35.3. The number of hydrogen-bond acceptors (Lipinski definition) is 2. The van der Waals surface area contributed by atoms with Gasteiger partial charge in [0.1, 0.15) is 5.78 Å². The molecule has 3 atom stereocenters. The maximum atomic E-state index is 12.9. The van der Waals surface area contributed by atoms with Crippen molar-refractivity contribution in [2.24, 2.45) is 17.3 Å². The van der Waals surface area contributed by atoms with Gasteiger partial charge in [0.25, 0.3) is 0 Å². The Labute approximate surface area is 118 Å². The van der Waals surface area contributed by atoms with Crippen LogP contribution in [0.3, 0.4) is 0 Å². The summed E-state index contributed by atoms with van der Waals surface area (Å²) < 4.78 is 0. The molecule has 1 saturated heterocycles. The Morgan fingerprint density at radius 3 is 2.75 bits per heavy atom. The molecule has 1 spiro atoms. The third kappa shape index (κ3) is 1.46. The number of amides is 1. The SMILES string of the molecule is O=C1C[C@@H]2CN(c3ccccc3)C(=O)[C@@]23C=CC[C@@H]1C3. The average Bonchev–Trinajstić information content (AvgIpc) is 2.74. The van der Waals surface area contributed by atoms with Gasteiger partial charge in [0.15, 0.2) is 0 Å². The van der Waals surface area contributed by atoms with E-state index in [9.17, 15) is 9.59 Å². The second kappa shape index (κ2) is 4.05. The fraction of sp³-hybridized carbons (Fsp3) is 0.412. The van der Waals surface area contributed by atoms with Crippen LogP contribution in [0.4, 0.5) is 5.69 Å². The van der Waals surface area contributed by atoms with Crippen molar-refractivity contribution in [1.82, 2.24) is 0 Å². The van der Waals surface area contributed by atoms with Gasteiger partial charge >= 0.3 is 0 Å². The molecule has 1 aliphatic heterocycles. The number of Topliss-reactive ketones (excluding diaryl/α,β-unsaturated/α-hetero) is 1. The van der Waals surface area contributed by atoms with Gasteiger partial charge in [-0.25, -0.2) is 0 Å². The highest BCUT2D eigenvalue weighted by Gasteiger charge is 2.58. The van der Waals surface area contributed by atoms with Gasteiger partial charge in [-0.15, -0.1) is 0 Å². The molecule has 3 aliphatic rings. The van der Waals surface area contributed by atoms with Crippen molar-refractivity contribution in [3.8, 4) is 0 Å². The molecule has 20 heavy (non-hydrogen) atoms. The van der Waals surface area contributed by atoms with E-state index in [4.69, 9.17) is 0 Å². The van der Waals surface area contributed by atoms with Crippen LogP contribution in [0.2, 0.25) is 0 Å². The summed E-state index contributed by atoms with van der Waals surface area (Å²) in [6.45, 7) is 0.672. The second-order valence-electron chi connectivity index (χ2n) is 6.20. The first-order chi connectivity index (χ1) is 9.71. The highest BCUT2D eigenvalue weighted by atomic mass is 16.2. The number of anilines is 1. The van der Waals surface area contributed by atoms with Crippen LogP contribution < -0.4 is 4.90 Å². The first-order valence-electron chi connectivity index (χ1n) is 7.28. The van der Waals surface area contributed by atoms with Crippen molar-refractivity contribution >= 4 is 17.4 Å². The van der Waals surface area contributed by atoms with Gasteiger partial charge in [0.2, 0.25) is 5.91 Å². The van der Waals surface area contributed by atoms with E-state index in [1.807, 2.05) is 41.3 Å². The van der Waals surface area contributed by atoms with Crippen LogP contribution in [-0.2, 0) is 9.59 Å². The average molecular weight is 267 g/mol. The van der Waals surface area contributed by atoms with Crippen molar-refractivity contribution in [3.63, 3.8) is 0 Å². The number of rotatable bonds is 1. The zero-order valence-electron chi connectivity index (χ0n) is 11.3. The van der Waals surface area contributed by atoms with E-state index in [2.05, 4.69) is 6.08 Å². The highest BCUT2D eigenvalue weighted by molar-refractivity contribution is 6.03. The zero-order chi connectivity index (χ0) is 13.7. The molecule has 2 aliphatic carbocycles. The summed E-state index contributed by atoms with van der Waals surface area (Å²) in [6, 6.07) is 9.80. The summed E-state index contributed by atoms with van der Waals surface area (Å²) in [4.78, 5) is 26.9. The van der Waals surface area contributed by atoms with Crippen LogP contribution in [0.1, 0.15) is 19.3 Å². The van der Waals surface area contributed by atoms with Crippen molar-refractivity contribution in [1.29, 1.82) is 0 Å². The number of fused-ring (bicyclic) bond motifs is 1. The van der Waals surface area contributed by atoms with Crippen molar-refractivity contribution in [2.45, 2.75) is 19.3 Å². The maximum Gasteiger partial charge on any atom is 0.237 e. The standard InChI is InChI=1S/C17H17NO2/c19-15-9-13-11-18(14-6-2-1-3-7-14)16(20)17(13)8-4-5-12(15)10-17/h1-4,6-8,12-13H,5,9-11H2/t12-,13-,17-/m1/s1. The van der Waals surface area contributed by atoms with E-state index < -0.39 is 5.41 Å². The molecule has 1 heterocycles. The van der Waals surface area contributed by atoms with E-state index >= 15 is 0 Å². The van der Waals surface area contributed by atoms with Crippen LogP contribution in [-0.4, -0.2) is 18.2 Å². The van der Waals surface area contributed by atoms with Crippen molar-refractivity contribution < 1.29 is 9.59 Å².